The van der Waals surface area contributed by atoms with Crippen LogP contribution in [0.15, 0.2) is 46.4 Å². The first-order chi connectivity index (χ1) is 14.0. The number of ether oxygens (including phenoxy) is 3. The van der Waals surface area contributed by atoms with Crippen molar-refractivity contribution >= 4 is 23.4 Å². The molecular weight excluding hydrogens is 408 g/mol. The summed E-state index contributed by atoms with van der Waals surface area (Å²) in [7, 11) is 0. The van der Waals surface area contributed by atoms with E-state index in [-0.39, 0.29) is 5.03 Å². The normalized spacial score (nSPS) is 41.4. The third-order valence-electron chi connectivity index (χ3n) is 7.03. The van der Waals surface area contributed by atoms with Gasteiger partial charge in [0.05, 0.1) is 11.3 Å². The Balaban J connectivity index is 1.79. The summed E-state index contributed by atoms with van der Waals surface area (Å²) in [6, 6.07) is 0. The maximum atomic E-state index is 13.3. The number of cyclic esters (lactones) is 1. The Morgan fingerprint density at radius 3 is 2.67 bits per heavy atom. The minimum absolute atomic E-state index is 0.00839. The van der Waals surface area contributed by atoms with Gasteiger partial charge in [0, 0.05) is 23.0 Å². The van der Waals surface area contributed by atoms with Gasteiger partial charge in [0.25, 0.3) is 0 Å². The maximum Gasteiger partial charge on any atom is 0.315 e. The van der Waals surface area contributed by atoms with Crippen LogP contribution in [0.1, 0.15) is 41.0 Å². The average molecular weight is 435 g/mol. The van der Waals surface area contributed by atoms with Gasteiger partial charge < -0.3 is 19.3 Å². The quantitative estimate of drug-likeness (QED) is 0.681. The van der Waals surface area contributed by atoms with Gasteiger partial charge >= 0.3 is 5.97 Å². The molecule has 4 aliphatic rings. The van der Waals surface area contributed by atoms with Crippen molar-refractivity contribution in [3.8, 4) is 0 Å². The van der Waals surface area contributed by atoms with Crippen molar-refractivity contribution in [2.45, 2.75) is 58.5 Å². The molecule has 0 aromatic carbocycles. The summed E-state index contributed by atoms with van der Waals surface area (Å²) >= 11 is 6.48. The van der Waals surface area contributed by atoms with E-state index in [9.17, 15) is 14.7 Å². The lowest BCUT2D eigenvalue weighted by Crippen LogP contribution is -2.56. The van der Waals surface area contributed by atoms with Crippen LogP contribution in [-0.2, 0) is 23.8 Å². The standard InChI is InChI=1S/C23H27ClO6/c1-6-11(2)7-8-14-9-15-16(10-28-14)17-18-21(26)29-13(4)12(3)23(18,27)30-22(17,5)20(25)19(15)24/h7-13,17-18,27H,6H2,1-5H3/b8-7+/t11-,12-,13-,17?,18?,22-,23?/m0/s1. The Morgan fingerprint density at radius 1 is 1.30 bits per heavy atom. The third kappa shape index (κ3) is 2.84. The molecule has 4 rings (SSSR count). The molecule has 0 aromatic rings. The van der Waals surface area contributed by atoms with Gasteiger partial charge in [0.2, 0.25) is 5.78 Å². The van der Waals surface area contributed by atoms with E-state index < -0.39 is 47.0 Å². The van der Waals surface area contributed by atoms with Crippen LogP contribution in [-0.4, -0.2) is 34.4 Å². The first kappa shape index (κ1) is 21.3. The zero-order chi connectivity index (χ0) is 22.0. The molecule has 0 radical (unpaired) electrons. The monoisotopic (exact) mass is 434 g/mol. The number of ketones is 1. The fourth-order valence-electron chi connectivity index (χ4n) is 4.77. The molecule has 1 N–H and O–H groups in total. The van der Waals surface area contributed by atoms with Crippen LogP contribution in [0.3, 0.4) is 0 Å². The van der Waals surface area contributed by atoms with Gasteiger partial charge in [-0.1, -0.05) is 44.9 Å². The van der Waals surface area contributed by atoms with Gasteiger partial charge in [-0.15, -0.1) is 0 Å². The Labute approximate surface area is 181 Å². The lowest BCUT2D eigenvalue weighted by Gasteiger charge is -2.42. The van der Waals surface area contributed by atoms with E-state index >= 15 is 0 Å². The predicted octanol–water partition coefficient (Wildman–Crippen LogP) is 3.75. The second-order valence-electron chi connectivity index (χ2n) is 8.89. The summed E-state index contributed by atoms with van der Waals surface area (Å²) in [5, 5.41) is 11.4. The highest BCUT2D eigenvalue weighted by Gasteiger charge is 2.72. The van der Waals surface area contributed by atoms with E-state index in [1.54, 1.807) is 26.8 Å². The fraction of sp³-hybridized carbons (Fsp3) is 0.565. The van der Waals surface area contributed by atoms with Crippen molar-refractivity contribution < 1.29 is 28.9 Å². The van der Waals surface area contributed by atoms with Crippen molar-refractivity contribution in [3.63, 3.8) is 0 Å². The van der Waals surface area contributed by atoms with Gasteiger partial charge in [-0.3, -0.25) is 9.59 Å². The van der Waals surface area contributed by atoms with Crippen molar-refractivity contribution in [2.75, 3.05) is 0 Å². The molecule has 1 aliphatic carbocycles. The number of rotatable bonds is 3. The average Bonchev–Trinajstić information content (AvgIpc) is 2.98. The number of hydrogen-bond acceptors (Lipinski definition) is 6. The Hall–Kier alpha value is -1.89. The van der Waals surface area contributed by atoms with Crippen molar-refractivity contribution in [2.24, 2.45) is 23.7 Å². The van der Waals surface area contributed by atoms with Gasteiger partial charge in [0.1, 0.15) is 23.4 Å². The first-order valence-corrected chi connectivity index (χ1v) is 10.8. The minimum Gasteiger partial charge on any atom is -0.465 e. The summed E-state index contributed by atoms with van der Waals surface area (Å²) in [5.74, 6) is -4.31. The highest BCUT2D eigenvalue weighted by atomic mass is 35.5. The molecule has 0 aromatic heterocycles. The van der Waals surface area contributed by atoms with E-state index in [1.807, 2.05) is 12.2 Å². The van der Waals surface area contributed by atoms with Crippen LogP contribution >= 0.6 is 11.6 Å². The van der Waals surface area contributed by atoms with Gasteiger partial charge in [-0.25, -0.2) is 0 Å². The molecule has 6 nitrogen and oxygen atoms in total. The fourth-order valence-corrected chi connectivity index (χ4v) is 5.12. The molecule has 162 valence electrons. The molecule has 30 heavy (non-hydrogen) atoms. The molecule has 0 saturated carbocycles. The second kappa shape index (κ2) is 7.08. The van der Waals surface area contributed by atoms with Crippen molar-refractivity contribution in [1.29, 1.82) is 0 Å². The summed E-state index contributed by atoms with van der Waals surface area (Å²) in [5.41, 5.74) is -0.446. The molecule has 0 spiro atoms. The zero-order valence-electron chi connectivity index (χ0n) is 17.8. The number of carbonyl (C=O) groups is 2. The first-order valence-electron chi connectivity index (χ1n) is 10.4. The van der Waals surface area contributed by atoms with Crippen LogP contribution in [0.2, 0.25) is 0 Å². The van der Waals surface area contributed by atoms with E-state index in [0.29, 0.717) is 22.8 Å². The van der Waals surface area contributed by atoms with Gasteiger partial charge in [-0.05, 0) is 31.9 Å². The molecule has 0 amide bonds. The minimum atomic E-state index is -1.84. The van der Waals surface area contributed by atoms with Crippen LogP contribution in [0, 0.1) is 23.7 Å². The lowest BCUT2D eigenvalue weighted by atomic mass is 9.65. The van der Waals surface area contributed by atoms with E-state index in [2.05, 4.69) is 13.8 Å². The number of esters is 1. The summed E-state index contributed by atoms with van der Waals surface area (Å²) in [6.45, 7) is 9.20. The van der Waals surface area contributed by atoms with Crippen LogP contribution in [0.25, 0.3) is 0 Å². The molecule has 7 heteroatoms. The SMILES string of the molecule is CC[C@H](C)/C=C/C1=CC2=C(Cl)C(=O)[C@@]3(C)OC4(O)C(C(=O)O[C@@H](C)[C@@H]4C)C3C2=CO1. The highest BCUT2D eigenvalue weighted by Crippen LogP contribution is 2.60. The number of aliphatic hydroxyl groups is 1. The number of hydrogen-bond donors (Lipinski definition) is 1. The molecule has 7 atom stereocenters. The Kier molecular flexibility index (Phi) is 5.03. The van der Waals surface area contributed by atoms with Gasteiger partial charge in [0.15, 0.2) is 5.79 Å². The summed E-state index contributed by atoms with van der Waals surface area (Å²) in [6.07, 6.45) is 7.52. The van der Waals surface area contributed by atoms with E-state index in [1.165, 1.54) is 6.26 Å². The van der Waals surface area contributed by atoms with E-state index in [4.69, 9.17) is 25.8 Å². The molecule has 2 saturated heterocycles. The molecule has 3 heterocycles. The van der Waals surface area contributed by atoms with Crippen molar-refractivity contribution in [3.05, 3.63) is 46.4 Å². The van der Waals surface area contributed by atoms with Crippen LogP contribution < -0.4 is 0 Å². The van der Waals surface area contributed by atoms with Crippen LogP contribution in [0.4, 0.5) is 0 Å². The zero-order valence-corrected chi connectivity index (χ0v) is 18.5. The Bertz CT molecular complexity index is 930. The molecule has 0 bridgehead atoms. The highest BCUT2D eigenvalue weighted by molar-refractivity contribution is 6.45. The maximum absolute atomic E-state index is 13.3. The van der Waals surface area contributed by atoms with Crippen LogP contribution in [0.5, 0.6) is 0 Å². The molecule has 3 aliphatic heterocycles. The summed E-state index contributed by atoms with van der Waals surface area (Å²) < 4.78 is 17.3. The number of halogens is 1. The van der Waals surface area contributed by atoms with Crippen molar-refractivity contribution in [1.82, 2.24) is 0 Å². The van der Waals surface area contributed by atoms with Gasteiger partial charge in [-0.2, -0.15) is 0 Å². The number of carbonyl (C=O) groups excluding carboxylic acids is 2. The molecule has 3 unspecified atom stereocenters. The molecular formula is C23H27ClO6. The number of fused-ring (bicyclic) bond motifs is 5. The lowest BCUT2D eigenvalue weighted by molar-refractivity contribution is -0.286. The summed E-state index contributed by atoms with van der Waals surface area (Å²) in [4.78, 5) is 26.1. The number of Topliss-reactive ketones (excluding diaryl/α,β-unsaturated/α-hetero) is 1. The largest absolute Gasteiger partial charge is 0.465 e. The predicted molar refractivity (Wildman–Crippen MR) is 110 cm³/mol. The number of allylic oxidation sites excluding steroid dienone is 4. The smallest absolute Gasteiger partial charge is 0.315 e. The third-order valence-corrected chi connectivity index (χ3v) is 7.41. The second-order valence-corrected chi connectivity index (χ2v) is 9.26. The topological polar surface area (TPSA) is 82.1 Å². The van der Waals surface area contributed by atoms with E-state index in [0.717, 1.165) is 6.42 Å². The molecule has 2 fully saturated rings. The Morgan fingerprint density at radius 2 is 2.00 bits per heavy atom.